The van der Waals surface area contributed by atoms with Crippen LogP contribution in [0.5, 0.6) is 0 Å². The average Bonchev–Trinajstić information content (AvgIpc) is 2.79. The average molecular weight is 312 g/mol. The molecule has 0 bridgehead atoms. The van der Waals surface area contributed by atoms with Crippen LogP contribution in [0.3, 0.4) is 0 Å². The molecule has 4 nitrogen and oxygen atoms in total. The van der Waals surface area contributed by atoms with Gasteiger partial charge in [-0.1, -0.05) is 6.92 Å². The Kier molecular flexibility index (Phi) is 3.76. The second kappa shape index (κ2) is 5.30. The van der Waals surface area contributed by atoms with E-state index in [0.29, 0.717) is 10.3 Å². The largest absolute Gasteiger partial charge is 0.307 e. The van der Waals surface area contributed by atoms with Gasteiger partial charge in [0.25, 0.3) is 5.91 Å². The molecule has 2 aromatic rings. The highest BCUT2D eigenvalue weighted by Crippen LogP contribution is 2.20. The van der Waals surface area contributed by atoms with Crippen molar-refractivity contribution in [2.24, 2.45) is 0 Å². The van der Waals surface area contributed by atoms with Gasteiger partial charge in [-0.15, -0.1) is 0 Å². The van der Waals surface area contributed by atoms with Crippen molar-refractivity contribution in [1.82, 2.24) is 10.2 Å². The summed E-state index contributed by atoms with van der Waals surface area (Å²) < 4.78 is 13.7. The number of aromatic amines is 1. The number of H-pyrrole nitrogens is 1. The maximum absolute atomic E-state index is 13.1. The molecule has 0 aliphatic rings. The number of nitrogens with one attached hydrogen (secondary N) is 2. The van der Waals surface area contributed by atoms with Crippen molar-refractivity contribution in [3.05, 3.63) is 45.8 Å². The number of benzene rings is 1. The van der Waals surface area contributed by atoms with Gasteiger partial charge in [0.2, 0.25) is 0 Å². The van der Waals surface area contributed by atoms with Crippen LogP contribution < -0.4 is 5.32 Å². The molecule has 0 atom stereocenters. The highest BCUT2D eigenvalue weighted by Gasteiger charge is 2.13. The molecule has 18 heavy (non-hydrogen) atoms. The van der Waals surface area contributed by atoms with Crippen molar-refractivity contribution in [3.63, 3.8) is 0 Å². The molecule has 0 fully saturated rings. The zero-order valence-electron chi connectivity index (χ0n) is 9.63. The van der Waals surface area contributed by atoms with Gasteiger partial charge >= 0.3 is 0 Å². The third-order valence-electron chi connectivity index (χ3n) is 2.51. The zero-order chi connectivity index (χ0) is 13.1. The molecular weight excluding hydrogens is 301 g/mol. The fourth-order valence-corrected chi connectivity index (χ4v) is 1.97. The molecule has 1 heterocycles. The van der Waals surface area contributed by atoms with Crippen molar-refractivity contribution in [2.45, 2.75) is 13.3 Å². The highest BCUT2D eigenvalue weighted by molar-refractivity contribution is 9.10. The van der Waals surface area contributed by atoms with Crippen molar-refractivity contribution < 1.29 is 9.18 Å². The summed E-state index contributed by atoms with van der Waals surface area (Å²) in [5.41, 5.74) is 1.14. The minimum absolute atomic E-state index is 0.242. The number of carbonyl (C=O) groups excluding carboxylic acids is 1. The normalized spacial score (nSPS) is 10.4. The topological polar surface area (TPSA) is 57.8 Å². The molecule has 0 unspecified atom stereocenters. The number of anilines is 1. The summed E-state index contributed by atoms with van der Waals surface area (Å²) in [7, 11) is 0. The lowest BCUT2D eigenvalue weighted by molar-refractivity contribution is 0.102. The summed E-state index contributed by atoms with van der Waals surface area (Å²) in [4.78, 5) is 12.0. The molecule has 0 spiro atoms. The third kappa shape index (κ3) is 2.59. The lowest BCUT2D eigenvalue weighted by atomic mass is 10.2. The van der Waals surface area contributed by atoms with E-state index in [4.69, 9.17) is 0 Å². The third-order valence-corrected chi connectivity index (χ3v) is 3.20. The Bertz CT molecular complexity index is 582. The van der Waals surface area contributed by atoms with Crippen molar-refractivity contribution in [3.8, 4) is 0 Å². The van der Waals surface area contributed by atoms with Crippen LogP contribution in [0.2, 0.25) is 0 Å². The van der Waals surface area contributed by atoms with Gasteiger partial charge in [-0.05, 0) is 40.5 Å². The minimum atomic E-state index is -0.455. The van der Waals surface area contributed by atoms with Crippen molar-refractivity contribution >= 4 is 27.7 Å². The fraction of sp³-hybridized carbons (Fsp3) is 0.167. The van der Waals surface area contributed by atoms with Crippen molar-refractivity contribution in [2.75, 3.05) is 5.32 Å². The second-order valence-corrected chi connectivity index (χ2v) is 4.56. The second-order valence-electron chi connectivity index (χ2n) is 3.70. The Labute approximate surface area is 112 Å². The summed E-state index contributed by atoms with van der Waals surface area (Å²) in [6, 6.07) is 3.97. The quantitative estimate of drug-likeness (QED) is 0.915. The maximum atomic E-state index is 13.1. The van der Waals surface area contributed by atoms with Gasteiger partial charge in [0.1, 0.15) is 11.6 Å². The molecule has 0 saturated carbocycles. The van der Waals surface area contributed by atoms with Gasteiger partial charge in [-0.2, -0.15) is 5.10 Å². The van der Waals surface area contributed by atoms with E-state index in [2.05, 4.69) is 31.4 Å². The Balaban J connectivity index is 2.25. The number of aryl methyl sites for hydroxylation is 1. The molecule has 0 saturated heterocycles. The summed E-state index contributed by atoms with van der Waals surface area (Å²) >= 11 is 3.22. The Hall–Kier alpha value is -1.69. The van der Waals surface area contributed by atoms with E-state index in [1.807, 2.05) is 6.92 Å². The number of carbonyl (C=O) groups is 1. The van der Waals surface area contributed by atoms with E-state index in [1.165, 1.54) is 18.2 Å². The predicted octanol–water partition coefficient (Wildman–Crippen LogP) is 3.13. The van der Waals surface area contributed by atoms with Crippen LogP contribution in [-0.2, 0) is 6.42 Å². The van der Waals surface area contributed by atoms with Crippen LogP contribution in [0.25, 0.3) is 0 Å². The Morgan fingerprint density at radius 1 is 1.56 bits per heavy atom. The van der Waals surface area contributed by atoms with Gasteiger partial charge in [0, 0.05) is 10.0 Å². The first kappa shape index (κ1) is 12.8. The maximum Gasteiger partial charge on any atom is 0.258 e. The lowest BCUT2D eigenvalue weighted by Crippen LogP contribution is -2.14. The van der Waals surface area contributed by atoms with E-state index in [0.717, 1.165) is 12.0 Å². The van der Waals surface area contributed by atoms with Gasteiger partial charge < -0.3 is 5.32 Å². The molecule has 0 aliphatic carbocycles. The van der Waals surface area contributed by atoms with Crippen molar-refractivity contribution in [1.29, 1.82) is 0 Å². The Morgan fingerprint density at radius 2 is 2.33 bits per heavy atom. The number of rotatable bonds is 3. The molecule has 0 aliphatic heterocycles. The SMILES string of the molecule is CCc1cn[nH]c1NC(=O)c1cc(F)ccc1Br. The van der Waals surface area contributed by atoms with E-state index in [9.17, 15) is 9.18 Å². The van der Waals surface area contributed by atoms with E-state index >= 15 is 0 Å². The number of nitrogens with zero attached hydrogens (tertiary/aromatic N) is 1. The van der Waals surface area contributed by atoms with E-state index in [1.54, 1.807) is 6.20 Å². The zero-order valence-corrected chi connectivity index (χ0v) is 11.2. The summed E-state index contributed by atoms with van der Waals surface area (Å²) in [6.07, 6.45) is 2.40. The van der Waals surface area contributed by atoms with Gasteiger partial charge in [-0.3, -0.25) is 9.89 Å². The number of halogens is 2. The van der Waals surface area contributed by atoms with Crippen LogP contribution in [-0.4, -0.2) is 16.1 Å². The molecule has 6 heteroatoms. The number of hydrogen-bond donors (Lipinski definition) is 2. The van der Waals surface area contributed by atoms with E-state index in [-0.39, 0.29) is 11.5 Å². The number of aromatic nitrogens is 2. The first-order valence-corrected chi connectivity index (χ1v) is 6.19. The smallest absolute Gasteiger partial charge is 0.258 e. The first-order valence-electron chi connectivity index (χ1n) is 5.40. The fourth-order valence-electron chi connectivity index (χ4n) is 1.54. The molecule has 1 aromatic heterocycles. The summed E-state index contributed by atoms with van der Waals surface area (Å²) in [6.45, 7) is 1.96. The van der Waals surface area contributed by atoms with Crippen LogP contribution in [0.4, 0.5) is 10.2 Å². The number of hydrogen-bond acceptors (Lipinski definition) is 2. The molecule has 1 aromatic carbocycles. The first-order chi connectivity index (χ1) is 8.61. The Morgan fingerprint density at radius 3 is 3.06 bits per heavy atom. The van der Waals surface area contributed by atoms with Gasteiger partial charge in [0.05, 0.1) is 11.8 Å². The van der Waals surface area contributed by atoms with Crippen LogP contribution in [0.1, 0.15) is 22.8 Å². The standard InChI is InChI=1S/C12H11BrFN3O/c1-2-7-6-15-17-11(7)16-12(18)9-5-8(14)3-4-10(9)13/h3-6H,2H2,1H3,(H2,15,16,17,18). The minimum Gasteiger partial charge on any atom is -0.307 e. The molecule has 1 amide bonds. The molecule has 2 rings (SSSR count). The van der Waals surface area contributed by atoms with Gasteiger partial charge in [-0.25, -0.2) is 4.39 Å². The molecule has 0 radical (unpaired) electrons. The molecule has 2 N–H and O–H groups in total. The monoisotopic (exact) mass is 311 g/mol. The lowest BCUT2D eigenvalue weighted by Gasteiger charge is -2.06. The summed E-state index contributed by atoms with van der Waals surface area (Å²) in [5, 5.41) is 9.23. The molecule has 94 valence electrons. The highest BCUT2D eigenvalue weighted by atomic mass is 79.9. The van der Waals surface area contributed by atoms with Gasteiger partial charge in [0.15, 0.2) is 0 Å². The predicted molar refractivity (Wildman–Crippen MR) is 70.0 cm³/mol. The molecular formula is C12H11BrFN3O. The van der Waals surface area contributed by atoms with E-state index < -0.39 is 5.82 Å². The van der Waals surface area contributed by atoms with Crippen LogP contribution >= 0.6 is 15.9 Å². The summed E-state index contributed by atoms with van der Waals surface area (Å²) in [5.74, 6) is -0.303. The van der Waals surface area contributed by atoms with Crippen LogP contribution in [0, 0.1) is 5.82 Å². The number of amides is 1. The van der Waals surface area contributed by atoms with Crippen LogP contribution in [0.15, 0.2) is 28.9 Å².